The quantitative estimate of drug-likeness (QED) is 0.943. The second kappa shape index (κ2) is 5.99. The minimum absolute atomic E-state index is 0.00183. The highest BCUT2D eigenvalue weighted by molar-refractivity contribution is 5.75. The van der Waals surface area contributed by atoms with E-state index in [4.69, 9.17) is 4.52 Å². The molecule has 1 aliphatic heterocycles. The fraction of sp³-hybridized carbons (Fsp3) is 0.375. The van der Waals surface area contributed by atoms with Crippen molar-refractivity contribution in [1.82, 2.24) is 15.4 Å². The monoisotopic (exact) mass is 285 g/mol. The van der Waals surface area contributed by atoms with Crippen molar-refractivity contribution in [2.75, 3.05) is 6.54 Å². The van der Waals surface area contributed by atoms with E-state index in [-0.39, 0.29) is 12.1 Å². The Labute approximate surface area is 123 Å². The zero-order valence-electron chi connectivity index (χ0n) is 12.1. The van der Waals surface area contributed by atoms with Gasteiger partial charge in [0, 0.05) is 19.2 Å². The van der Waals surface area contributed by atoms with Crippen molar-refractivity contribution in [2.24, 2.45) is 0 Å². The van der Waals surface area contributed by atoms with Gasteiger partial charge in [0.05, 0.1) is 11.7 Å². The maximum absolute atomic E-state index is 12.4. The zero-order chi connectivity index (χ0) is 14.7. The number of aromatic nitrogens is 1. The first kappa shape index (κ1) is 13.7. The molecule has 0 bridgehead atoms. The molecule has 2 amide bonds. The topological polar surface area (TPSA) is 58.4 Å². The van der Waals surface area contributed by atoms with Crippen LogP contribution in [0.3, 0.4) is 0 Å². The molecule has 1 atom stereocenters. The minimum Gasteiger partial charge on any atom is -0.359 e. The summed E-state index contributed by atoms with van der Waals surface area (Å²) in [5.74, 6) is 0.778. The van der Waals surface area contributed by atoms with E-state index in [1.165, 1.54) is 0 Å². The average molecular weight is 285 g/mol. The van der Waals surface area contributed by atoms with Crippen LogP contribution in [0.25, 0.3) is 0 Å². The Morgan fingerprint density at radius 3 is 2.95 bits per heavy atom. The predicted octanol–water partition coefficient (Wildman–Crippen LogP) is 3.03. The number of urea groups is 1. The van der Waals surface area contributed by atoms with Crippen molar-refractivity contribution in [2.45, 2.75) is 32.4 Å². The third kappa shape index (κ3) is 3.07. The molecular weight excluding hydrogens is 266 g/mol. The second-order valence-corrected chi connectivity index (χ2v) is 5.37. The van der Waals surface area contributed by atoms with E-state index in [9.17, 15) is 4.79 Å². The molecule has 5 heteroatoms. The molecule has 110 valence electrons. The summed E-state index contributed by atoms with van der Waals surface area (Å²) in [5.41, 5.74) is 1.94. The van der Waals surface area contributed by atoms with Gasteiger partial charge in [-0.1, -0.05) is 35.5 Å². The fourth-order valence-electron chi connectivity index (χ4n) is 2.72. The molecule has 0 radical (unpaired) electrons. The van der Waals surface area contributed by atoms with Gasteiger partial charge < -0.3 is 14.7 Å². The van der Waals surface area contributed by atoms with Crippen LogP contribution in [0.2, 0.25) is 0 Å². The van der Waals surface area contributed by atoms with Crippen molar-refractivity contribution < 1.29 is 9.32 Å². The summed E-state index contributed by atoms with van der Waals surface area (Å²) in [6.45, 7) is 3.19. The smallest absolute Gasteiger partial charge is 0.318 e. The normalized spacial score (nSPS) is 18.0. The lowest BCUT2D eigenvalue weighted by atomic mass is 10.1. The van der Waals surface area contributed by atoms with Crippen molar-refractivity contribution in [1.29, 1.82) is 0 Å². The van der Waals surface area contributed by atoms with Crippen molar-refractivity contribution in [3.05, 3.63) is 53.4 Å². The lowest BCUT2D eigenvalue weighted by Crippen LogP contribution is -2.39. The van der Waals surface area contributed by atoms with E-state index in [2.05, 4.69) is 10.5 Å². The highest BCUT2D eigenvalue weighted by Crippen LogP contribution is 2.32. The Bertz CT molecular complexity index is 609. The predicted molar refractivity (Wildman–Crippen MR) is 78.6 cm³/mol. The van der Waals surface area contributed by atoms with Gasteiger partial charge in [0.1, 0.15) is 0 Å². The summed E-state index contributed by atoms with van der Waals surface area (Å²) in [7, 11) is 0. The van der Waals surface area contributed by atoms with Gasteiger partial charge in [-0.3, -0.25) is 0 Å². The van der Waals surface area contributed by atoms with E-state index in [1.54, 1.807) is 0 Å². The summed E-state index contributed by atoms with van der Waals surface area (Å²) in [5, 5.41) is 6.89. The van der Waals surface area contributed by atoms with Crippen LogP contribution < -0.4 is 5.32 Å². The summed E-state index contributed by atoms with van der Waals surface area (Å²) in [6.07, 6.45) is 1.91. The maximum atomic E-state index is 12.4. The minimum atomic E-state index is -0.0459. The van der Waals surface area contributed by atoms with Crippen molar-refractivity contribution in [3.63, 3.8) is 0 Å². The van der Waals surface area contributed by atoms with Crippen LogP contribution in [-0.4, -0.2) is 22.6 Å². The number of carbonyl (C=O) groups excluding carboxylic acids is 1. The molecule has 1 aliphatic rings. The van der Waals surface area contributed by atoms with Crippen LogP contribution >= 0.6 is 0 Å². The van der Waals surface area contributed by atoms with Gasteiger partial charge in [-0.15, -0.1) is 0 Å². The van der Waals surface area contributed by atoms with Crippen LogP contribution in [0.5, 0.6) is 0 Å². The Hall–Kier alpha value is -2.30. The average Bonchev–Trinajstić information content (AvgIpc) is 3.14. The summed E-state index contributed by atoms with van der Waals surface area (Å²) >= 11 is 0. The molecule has 0 unspecified atom stereocenters. The molecule has 1 fully saturated rings. The highest BCUT2D eigenvalue weighted by Gasteiger charge is 2.32. The molecular formula is C16H19N3O2. The molecule has 0 saturated carbocycles. The Morgan fingerprint density at radius 1 is 1.43 bits per heavy atom. The Balaban J connectivity index is 1.63. The lowest BCUT2D eigenvalue weighted by molar-refractivity contribution is 0.182. The Kier molecular flexibility index (Phi) is 3.90. The first-order valence-electron chi connectivity index (χ1n) is 7.25. The molecule has 1 aromatic carbocycles. The number of rotatable bonds is 3. The molecule has 1 N–H and O–H groups in total. The molecule has 21 heavy (non-hydrogen) atoms. The summed E-state index contributed by atoms with van der Waals surface area (Å²) in [6, 6.07) is 11.8. The number of nitrogens with zero attached hydrogens (tertiary/aromatic N) is 2. The van der Waals surface area contributed by atoms with Gasteiger partial charge in [0.15, 0.2) is 5.76 Å². The van der Waals surface area contributed by atoms with E-state index in [1.807, 2.05) is 48.2 Å². The molecule has 1 saturated heterocycles. The third-order valence-electron chi connectivity index (χ3n) is 3.77. The van der Waals surface area contributed by atoms with Crippen LogP contribution in [0.1, 0.15) is 35.9 Å². The Morgan fingerprint density at radius 2 is 2.24 bits per heavy atom. The van der Waals surface area contributed by atoms with Gasteiger partial charge in [0.2, 0.25) is 0 Å². The molecule has 0 aliphatic carbocycles. The second-order valence-electron chi connectivity index (χ2n) is 5.37. The van der Waals surface area contributed by atoms with Gasteiger partial charge in [0.25, 0.3) is 0 Å². The highest BCUT2D eigenvalue weighted by atomic mass is 16.5. The largest absolute Gasteiger partial charge is 0.359 e. The number of amides is 2. The zero-order valence-corrected chi connectivity index (χ0v) is 12.1. The summed E-state index contributed by atoms with van der Waals surface area (Å²) in [4.78, 5) is 14.2. The van der Waals surface area contributed by atoms with E-state index in [0.717, 1.165) is 36.4 Å². The van der Waals surface area contributed by atoms with Crippen molar-refractivity contribution in [3.8, 4) is 0 Å². The third-order valence-corrected chi connectivity index (χ3v) is 3.77. The number of hydrogen-bond donors (Lipinski definition) is 1. The number of carbonyl (C=O) groups is 1. The van der Waals surface area contributed by atoms with Gasteiger partial charge in [-0.05, 0) is 25.3 Å². The van der Waals surface area contributed by atoms with Gasteiger partial charge in [-0.25, -0.2) is 4.79 Å². The number of hydrogen-bond acceptors (Lipinski definition) is 3. The molecule has 2 heterocycles. The lowest BCUT2D eigenvalue weighted by Gasteiger charge is -2.23. The van der Waals surface area contributed by atoms with Gasteiger partial charge in [-0.2, -0.15) is 0 Å². The van der Waals surface area contributed by atoms with Gasteiger partial charge >= 0.3 is 6.03 Å². The molecule has 2 aromatic rings. The van der Waals surface area contributed by atoms with E-state index >= 15 is 0 Å². The number of nitrogens with one attached hydrogen (secondary N) is 1. The SMILES string of the molecule is Cc1cc([C@@H]2CCCN2C(=O)NCc2ccccc2)on1. The van der Waals surface area contributed by atoms with Crippen LogP contribution in [0.15, 0.2) is 40.9 Å². The van der Waals surface area contributed by atoms with Crippen LogP contribution in [-0.2, 0) is 6.54 Å². The fourth-order valence-corrected chi connectivity index (χ4v) is 2.72. The number of likely N-dealkylation sites (tertiary alicyclic amines) is 1. The molecule has 0 spiro atoms. The van der Waals surface area contributed by atoms with Crippen LogP contribution in [0, 0.1) is 6.92 Å². The maximum Gasteiger partial charge on any atom is 0.318 e. The first-order valence-corrected chi connectivity index (χ1v) is 7.25. The summed E-state index contributed by atoms with van der Waals surface area (Å²) < 4.78 is 5.32. The molecule has 3 rings (SSSR count). The van der Waals surface area contributed by atoms with E-state index in [0.29, 0.717) is 6.54 Å². The molecule has 1 aromatic heterocycles. The van der Waals surface area contributed by atoms with Crippen LogP contribution in [0.4, 0.5) is 4.79 Å². The number of benzene rings is 1. The molecule has 5 nitrogen and oxygen atoms in total. The van der Waals surface area contributed by atoms with Crippen molar-refractivity contribution >= 4 is 6.03 Å². The number of aryl methyl sites for hydroxylation is 1. The first-order chi connectivity index (χ1) is 10.2. The standard InChI is InChI=1S/C16H19N3O2/c1-12-10-15(21-18-12)14-8-5-9-19(14)16(20)17-11-13-6-3-2-4-7-13/h2-4,6-7,10,14H,5,8-9,11H2,1H3,(H,17,20)/t14-/m0/s1. The van der Waals surface area contributed by atoms with E-state index < -0.39 is 0 Å².